The Morgan fingerprint density at radius 3 is 1.69 bits per heavy atom. The molecule has 0 saturated carbocycles. The minimum Gasteiger partial charge on any atom is -0.446 e. The molecule has 0 radical (unpaired) electrons. The fourth-order valence-corrected chi connectivity index (χ4v) is 1.59. The summed E-state index contributed by atoms with van der Waals surface area (Å²) < 4.78 is 20.3. The van der Waals surface area contributed by atoms with Gasteiger partial charge in [0.15, 0.2) is 0 Å². The second kappa shape index (κ2) is 18.8. The average molecular weight is 422 g/mol. The predicted molar refractivity (Wildman–Crippen MR) is 99.2 cm³/mol. The summed E-state index contributed by atoms with van der Waals surface area (Å²) >= 11 is 0. The van der Waals surface area contributed by atoms with Gasteiger partial charge in [0.25, 0.3) is 0 Å². The molecule has 0 fully saturated rings. The Hall–Kier alpha value is -2.52. The zero-order valence-corrected chi connectivity index (χ0v) is 16.2. The summed E-state index contributed by atoms with van der Waals surface area (Å²) in [5.41, 5.74) is 6.90. The average Bonchev–Trinajstić information content (AvgIpc) is 2.73. The normalized spacial score (nSPS) is 10.1. The number of nitrogens with one attached hydrogen (secondary N) is 4. The lowest BCUT2D eigenvalue weighted by molar-refractivity contribution is -0.127. The van der Waals surface area contributed by atoms with E-state index in [2.05, 4.69) is 20.7 Å². The molecule has 0 rings (SSSR count). The first-order valence-electron chi connectivity index (χ1n) is 8.86. The van der Waals surface area contributed by atoms with Gasteiger partial charge in [0.2, 0.25) is 17.7 Å². The Morgan fingerprint density at radius 1 is 0.655 bits per heavy atom. The SMILES string of the molecule is NCC(=O)NCC(=O)NCC(=O)NCCOCCOCCOCCOC(=O)NN. The van der Waals surface area contributed by atoms with E-state index in [1.54, 1.807) is 0 Å². The Balaban J connectivity index is 3.33. The van der Waals surface area contributed by atoms with Gasteiger partial charge in [-0.1, -0.05) is 0 Å². The van der Waals surface area contributed by atoms with Gasteiger partial charge in [0.1, 0.15) is 6.61 Å². The van der Waals surface area contributed by atoms with Crippen LogP contribution in [0.2, 0.25) is 0 Å². The molecule has 4 amide bonds. The smallest absolute Gasteiger partial charge is 0.421 e. The van der Waals surface area contributed by atoms with Gasteiger partial charge in [-0.15, -0.1) is 0 Å². The van der Waals surface area contributed by atoms with Crippen LogP contribution in [-0.2, 0) is 33.3 Å². The van der Waals surface area contributed by atoms with Gasteiger partial charge in [0.05, 0.1) is 59.3 Å². The minimum atomic E-state index is -0.726. The van der Waals surface area contributed by atoms with Crippen LogP contribution in [0.25, 0.3) is 0 Å². The summed E-state index contributed by atoms with van der Waals surface area (Å²) in [5.74, 6) is 3.49. The summed E-state index contributed by atoms with van der Waals surface area (Å²) in [7, 11) is 0. The van der Waals surface area contributed by atoms with Crippen molar-refractivity contribution < 1.29 is 38.1 Å². The molecule has 0 atom stereocenters. The molecule has 14 nitrogen and oxygen atoms in total. The molecule has 0 unspecified atom stereocenters. The molecule has 168 valence electrons. The Labute approximate surface area is 168 Å². The van der Waals surface area contributed by atoms with E-state index in [0.717, 1.165) is 0 Å². The minimum absolute atomic E-state index is 0.0897. The molecule has 8 N–H and O–H groups in total. The second-order valence-electron chi connectivity index (χ2n) is 5.22. The highest BCUT2D eigenvalue weighted by atomic mass is 16.6. The number of carbonyl (C=O) groups excluding carboxylic acids is 4. The maximum atomic E-state index is 11.5. The van der Waals surface area contributed by atoms with Crippen molar-refractivity contribution in [2.75, 3.05) is 72.4 Å². The molecule has 0 aromatic heterocycles. The van der Waals surface area contributed by atoms with Gasteiger partial charge in [-0.05, 0) is 0 Å². The molecule has 0 aliphatic heterocycles. The van der Waals surface area contributed by atoms with Crippen molar-refractivity contribution in [3.05, 3.63) is 0 Å². The van der Waals surface area contributed by atoms with Crippen molar-refractivity contribution >= 4 is 23.8 Å². The summed E-state index contributed by atoms with van der Waals surface area (Å²) in [6.07, 6.45) is -0.726. The lowest BCUT2D eigenvalue weighted by Gasteiger charge is -2.09. The molecule has 0 bridgehead atoms. The number of hydrogen-bond acceptors (Lipinski definition) is 10. The Bertz CT molecular complexity index is 493. The number of hydrogen-bond donors (Lipinski definition) is 6. The molecule has 0 aromatic rings. The van der Waals surface area contributed by atoms with Gasteiger partial charge >= 0.3 is 6.09 Å². The molecule has 0 spiro atoms. The van der Waals surface area contributed by atoms with E-state index in [4.69, 9.17) is 25.8 Å². The van der Waals surface area contributed by atoms with Gasteiger partial charge in [-0.2, -0.15) is 0 Å². The van der Waals surface area contributed by atoms with Crippen LogP contribution in [-0.4, -0.2) is 96.2 Å². The van der Waals surface area contributed by atoms with Crippen molar-refractivity contribution in [1.29, 1.82) is 0 Å². The van der Waals surface area contributed by atoms with Crippen molar-refractivity contribution in [2.24, 2.45) is 11.6 Å². The first-order valence-corrected chi connectivity index (χ1v) is 8.86. The second-order valence-corrected chi connectivity index (χ2v) is 5.22. The van der Waals surface area contributed by atoms with Crippen molar-refractivity contribution in [3.8, 4) is 0 Å². The van der Waals surface area contributed by atoms with E-state index in [1.807, 2.05) is 5.43 Å². The molecular weight excluding hydrogens is 392 g/mol. The summed E-state index contributed by atoms with van der Waals surface area (Å²) in [6.45, 7) is 1.62. The zero-order chi connectivity index (χ0) is 21.7. The van der Waals surface area contributed by atoms with E-state index >= 15 is 0 Å². The summed E-state index contributed by atoms with van der Waals surface area (Å²) in [4.78, 5) is 44.4. The fourth-order valence-electron chi connectivity index (χ4n) is 1.59. The maximum absolute atomic E-state index is 11.5. The largest absolute Gasteiger partial charge is 0.446 e. The van der Waals surface area contributed by atoms with Crippen LogP contribution in [0.4, 0.5) is 4.79 Å². The van der Waals surface area contributed by atoms with Crippen molar-refractivity contribution in [3.63, 3.8) is 0 Å². The van der Waals surface area contributed by atoms with Crippen LogP contribution in [0.1, 0.15) is 0 Å². The van der Waals surface area contributed by atoms with Crippen LogP contribution in [0.5, 0.6) is 0 Å². The highest BCUT2D eigenvalue weighted by Gasteiger charge is 2.06. The first-order chi connectivity index (χ1) is 14.0. The predicted octanol–water partition coefficient (Wildman–Crippen LogP) is -4.06. The quantitative estimate of drug-likeness (QED) is 0.0579. The van der Waals surface area contributed by atoms with Crippen LogP contribution in [0.15, 0.2) is 0 Å². The van der Waals surface area contributed by atoms with Crippen LogP contribution in [0, 0.1) is 0 Å². The van der Waals surface area contributed by atoms with Crippen LogP contribution in [0.3, 0.4) is 0 Å². The lowest BCUT2D eigenvalue weighted by atomic mass is 10.5. The van der Waals surface area contributed by atoms with E-state index in [1.165, 1.54) is 0 Å². The third kappa shape index (κ3) is 18.6. The maximum Gasteiger partial charge on any atom is 0.421 e. The standard InChI is InChI=1S/C15H30N6O8/c16-9-12(22)19-11-14(24)20-10-13(23)18-1-2-26-3-4-27-5-6-28-7-8-29-15(25)21-17/h1-11,16-17H2,(H,18,23)(H,19,22)(H,20,24)(H,21,25). The molecule has 0 saturated heterocycles. The highest BCUT2D eigenvalue weighted by Crippen LogP contribution is 1.83. The van der Waals surface area contributed by atoms with Crippen LogP contribution >= 0.6 is 0 Å². The Morgan fingerprint density at radius 2 is 1.14 bits per heavy atom. The number of carbonyl (C=O) groups is 4. The van der Waals surface area contributed by atoms with E-state index in [-0.39, 0.29) is 51.9 Å². The number of ether oxygens (including phenoxy) is 4. The van der Waals surface area contributed by atoms with Crippen LogP contribution < -0.4 is 33.0 Å². The number of amides is 4. The van der Waals surface area contributed by atoms with Crippen molar-refractivity contribution in [2.45, 2.75) is 0 Å². The van der Waals surface area contributed by atoms with E-state index < -0.39 is 17.9 Å². The van der Waals surface area contributed by atoms with Gasteiger partial charge in [-0.3, -0.25) is 19.8 Å². The lowest BCUT2D eigenvalue weighted by Crippen LogP contribution is -2.43. The topological polar surface area (TPSA) is 205 Å². The van der Waals surface area contributed by atoms with Crippen molar-refractivity contribution in [1.82, 2.24) is 21.4 Å². The van der Waals surface area contributed by atoms with E-state index in [0.29, 0.717) is 26.4 Å². The summed E-state index contributed by atoms with van der Waals surface area (Å²) in [5, 5.41) is 7.20. The molecule has 0 heterocycles. The summed E-state index contributed by atoms with van der Waals surface area (Å²) in [6, 6.07) is 0. The zero-order valence-electron chi connectivity index (χ0n) is 16.2. The van der Waals surface area contributed by atoms with Gasteiger partial charge in [-0.25, -0.2) is 10.6 Å². The number of nitrogens with two attached hydrogens (primary N) is 2. The van der Waals surface area contributed by atoms with E-state index in [9.17, 15) is 19.2 Å². The first kappa shape index (κ1) is 26.5. The molecule has 29 heavy (non-hydrogen) atoms. The third-order valence-electron chi connectivity index (χ3n) is 2.97. The fraction of sp³-hybridized carbons (Fsp3) is 0.733. The number of rotatable bonds is 17. The molecule has 0 aliphatic rings. The Kier molecular flexibility index (Phi) is 17.2. The number of hydrazine groups is 1. The molecule has 0 aromatic carbocycles. The van der Waals surface area contributed by atoms with Gasteiger partial charge < -0.3 is 40.6 Å². The molecular formula is C15H30N6O8. The molecule has 14 heteroatoms. The van der Waals surface area contributed by atoms with Gasteiger partial charge in [0, 0.05) is 6.54 Å². The monoisotopic (exact) mass is 422 g/mol. The third-order valence-corrected chi connectivity index (χ3v) is 2.97. The highest BCUT2D eigenvalue weighted by molar-refractivity contribution is 5.88. The molecule has 0 aliphatic carbocycles.